The van der Waals surface area contributed by atoms with Crippen LogP contribution in [0, 0.1) is 44.3 Å². The van der Waals surface area contributed by atoms with E-state index < -0.39 is 140 Å². The fraction of sp³-hybridized carbons (Fsp3) is 0.917. The molecule has 0 unspecified atom stereocenters. The first kappa shape index (κ1) is 52.1. The quantitative estimate of drug-likeness (QED) is 0.105. The molecule has 3 saturated carbocycles. The van der Waals surface area contributed by atoms with Crippen molar-refractivity contribution in [2.75, 3.05) is 33.0 Å². The van der Waals surface area contributed by atoms with Crippen molar-refractivity contribution < 1.29 is 94.8 Å². The van der Waals surface area contributed by atoms with Gasteiger partial charge in [0.25, 0.3) is 0 Å². The van der Waals surface area contributed by atoms with E-state index >= 15 is 0 Å². The van der Waals surface area contributed by atoms with Crippen molar-refractivity contribution in [3.8, 4) is 0 Å². The molecule has 8 aliphatic rings. The van der Waals surface area contributed by atoms with Crippen LogP contribution in [0.4, 0.5) is 0 Å². The highest BCUT2D eigenvalue weighted by Crippen LogP contribution is 2.74. The Morgan fingerprint density at radius 2 is 1.19 bits per heavy atom. The highest BCUT2D eigenvalue weighted by Gasteiger charge is 2.69. The van der Waals surface area contributed by atoms with Crippen molar-refractivity contribution in [2.45, 2.75) is 197 Å². The number of aliphatic hydroxyl groups is 13. The molecular formula is C48H78O19. The van der Waals surface area contributed by atoms with Gasteiger partial charge in [-0.05, 0) is 85.0 Å². The lowest BCUT2D eigenvalue weighted by Crippen LogP contribution is -2.67. The standard InChI is InChI=1S/C48H78O19/c1-43(2)13-14-48(21-52)23(15-43)22-7-8-28-44(3)11-10-30(45(4,20-51)27(44)9-12-46(28,5)47(22,6)16-29(48)53)66-41-38(61)35(58)39(67-42-37(60)34(57)32(55)25(18-50)64-42)26(65-41)19-62-40-36(59)33(56)31(54)24(17-49)63-40/h7-8,24-42,49-61H,9-21H2,1-6H3/t24-,25-,26+,27-,28+,29+,30-,31+,32-,33-,34+,35+,36+,37+,38+,39+,40-,41-,42+,44-,45-,46-,47-,48+/m1/s1. The molecule has 0 aromatic rings. The number of aliphatic hydroxyl groups excluding tert-OH is 13. The summed E-state index contributed by atoms with van der Waals surface area (Å²) in [5, 5.41) is 141. The SMILES string of the molecule is CC1(C)CC[C@]2(CO)C(=C3C=C[C@H]4[C@]5(C)CC[C@@H](O[C@H]6O[C@@H](CO[C@@H]7O[C@H](CO)[C@H](O)[C@@H](O)[C@@H]7O)[C@H](O[C@@H]7O[C@H](CO)[C@@H](O)[C@H](O)[C@@H]7O)[C@@H](O)[C@@H]6O)[C@](C)(CO)[C@@H]5CC[C@@]4(C)[C@]3(C)C[C@@H]2O)C1. The molecule has 0 aromatic heterocycles. The third-order valence-electron chi connectivity index (χ3n) is 19.0. The maximum atomic E-state index is 12.1. The minimum Gasteiger partial charge on any atom is -0.396 e. The van der Waals surface area contributed by atoms with E-state index in [0.29, 0.717) is 25.7 Å². The number of rotatable bonds is 11. The Hall–Kier alpha value is -1.28. The highest BCUT2D eigenvalue weighted by molar-refractivity contribution is 5.47. The second-order valence-corrected chi connectivity index (χ2v) is 23.1. The first-order valence-electron chi connectivity index (χ1n) is 24.3. The fourth-order valence-electron chi connectivity index (χ4n) is 14.5. The average molecular weight is 959 g/mol. The van der Waals surface area contributed by atoms with E-state index in [1.54, 1.807) is 0 Å². The molecule has 3 saturated heterocycles. The molecule has 0 aromatic carbocycles. The molecule has 384 valence electrons. The first-order chi connectivity index (χ1) is 31.4. The summed E-state index contributed by atoms with van der Waals surface area (Å²) in [7, 11) is 0. The zero-order valence-electron chi connectivity index (χ0n) is 39.6. The van der Waals surface area contributed by atoms with Gasteiger partial charge >= 0.3 is 0 Å². The Bertz CT molecular complexity index is 1830. The van der Waals surface area contributed by atoms with E-state index in [2.05, 4.69) is 46.8 Å². The smallest absolute Gasteiger partial charge is 0.187 e. The monoisotopic (exact) mass is 959 g/mol. The third kappa shape index (κ3) is 8.15. The summed E-state index contributed by atoms with van der Waals surface area (Å²) in [5.41, 5.74) is -0.186. The lowest BCUT2D eigenvalue weighted by atomic mass is 9.35. The van der Waals surface area contributed by atoms with Crippen LogP contribution in [0.1, 0.15) is 92.9 Å². The van der Waals surface area contributed by atoms with E-state index in [9.17, 15) is 66.4 Å². The molecule has 0 spiro atoms. The van der Waals surface area contributed by atoms with Gasteiger partial charge in [-0.25, -0.2) is 0 Å². The second kappa shape index (κ2) is 18.6. The van der Waals surface area contributed by atoms with Gasteiger partial charge in [-0.15, -0.1) is 0 Å². The zero-order chi connectivity index (χ0) is 49.0. The molecule has 3 heterocycles. The lowest BCUT2D eigenvalue weighted by Gasteiger charge is -2.70. The molecule has 6 fully saturated rings. The van der Waals surface area contributed by atoms with Gasteiger partial charge in [-0.1, -0.05) is 59.3 Å². The molecule has 13 N–H and O–H groups in total. The largest absolute Gasteiger partial charge is 0.396 e. The van der Waals surface area contributed by atoms with Crippen molar-refractivity contribution in [3.05, 3.63) is 23.3 Å². The molecule has 19 heteroatoms. The first-order valence-corrected chi connectivity index (χ1v) is 24.3. The van der Waals surface area contributed by atoms with Crippen LogP contribution in [0.2, 0.25) is 0 Å². The molecule has 3 aliphatic heterocycles. The van der Waals surface area contributed by atoms with Crippen LogP contribution >= 0.6 is 0 Å². The Kier molecular flexibility index (Phi) is 14.5. The molecule has 5 aliphatic carbocycles. The number of ether oxygens (including phenoxy) is 6. The van der Waals surface area contributed by atoms with E-state index in [1.807, 2.05) is 6.92 Å². The van der Waals surface area contributed by atoms with Crippen LogP contribution in [0.3, 0.4) is 0 Å². The van der Waals surface area contributed by atoms with Gasteiger partial charge in [-0.2, -0.15) is 0 Å². The van der Waals surface area contributed by atoms with Gasteiger partial charge in [0.15, 0.2) is 18.9 Å². The van der Waals surface area contributed by atoms with Crippen LogP contribution in [0.15, 0.2) is 23.3 Å². The summed E-state index contributed by atoms with van der Waals surface area (Å²) in [6, 6.07) is 0. The van der Waals surface area contributed by atoms with Crippen molar-refractivity contribution >= 4 is 0 Å². The van der Waals surface area contributed by atoms with Crippen LogP contribution in [0.25, 0.3) is 0 Å². The molecule has 0 amide bonds. The minimum atomic E-state index is -1.90. The molecule has 24 atom stereocenters. The van der Waals surface area contributed by atoms with Crippen molar-refractivity contribution in [1.82, 2.24) is 0 Å². The summed E-state index contributed by atoms with van der Waals surface area (Å²) in [4.78, 5) is 0. The van der Waals surface area contributed by atoms with Crippen molar-refractivity contribution in [3.63, 3.8) is 0 Å². The van der Waals surface area contributed by atoms with Gasteiger partial charge in [0.2, 0.25) is 0 Å². The van der Waals surface area contributed by atoms with Crippen LogP contribution in [-0.4, -0.2) is 204 Å². The van der Waals surface area contributed by atoms with Gasteiger partial charge in [0.1, 0.15) is 73.2 Å². The predicted octanol–water partition coefficient (Wildman–Crippen LogP) is -1.52. The Balaban J connectivity index is 1.06. The van der Waals surface area contributed by atoms with Gasteiger partial charge in [0.05, 0.1) is 45.2 Å². The number of allylic oxidation sites excluding steroid dienone is 3. The van der Waals surface area contributed by atoms with Gasteiger partial charge in [-0.3, -0.25) is 0 Å². The van der Waals surface area contributed by atoms with Crippen LogP contribution in [0.5, 0.6) is 0 Å². The lowest BCUT2D eigenvalue weighted by molar-refractivity contribution is -0.376. The second-order valence-electron chi connectivity index (χ2n) is 23.1. The normalized spacial score (nSPS) is 54.2. The Morgan fingerprint density at radius 3 is 1.81 bits per heavy atom. The maximum absolute atomic E-state index is 12.1. The van der Waals surface area contributed by atoms with E-state index in [0.717, 1.165) is 25.7 Å². The molecular weight excluding hydrogens is 881 g/mol. The Labute approximate surface area is 391 Å². The van der Waals surface area contributed by atoms with Gasteiger partial charge in [0, 0.05) is 16.2 Å². The van der Waals surface area contributed by atoms with Crippen LogP contribution < -0.4 is 0 Å². The minimum absolute atomic E-state index is 0.0246. The molecule has 67 heavy (non-hydrogen) atoms. The summed E-state index contributed by atoms with van der Waals surface area (Å²) >= 11 is 0. The van der Waals surface area contributed by atoms with E-state index in [4.69, 9.17) is 28.4 Å². The van der Waals surface area contributed by atoms with Crippen molar-refractivity contribution in [1.29, 1.82) is 0 Å². The van der Waals surface area contributed by atoms with Gasteiger partial charge < -0.3 is 94.8 Å². The summed E-state index contributed by atoms with van der Waals surface area (Å²) in [5.74, 6) is -0.0749. The molecule has 0 radical (unpaired) electrons. The van der Waals surface area contributed by atoms with Crippen LogP contribution in [-0.2, 0) is 28.4 Å². The Morgan fingerprint density at radius 1 is 0.612 bits per heavy atom. The third-order valence-corrected chi connectivity index (χ3v) is 19.0. The van der Waals surface area contributed by atoms with E-state index in [-0.39, 0.29) is 41.3 Å². The summed E-state index contributed by atoms with van der Waals surface area (Å²) in [6.07, 6.45) is -16.5. The summed E-state index contributed by atoms with van der Waals surface area (Å²) < 4.78 is 35.8. The molecule has 8 rings (SSSR count). The van der Waals surface area contributed by atoms with Crippen molar-refractivity contribution in [2.24, 2.45) is 44.3 Å². The average Bonchev–Trinajstić information content (AvgIpc) is 3.29. The fourth-order valence-corrected chi connectivity index (χ4v) is 14.5. The number of fused-ring (bicyclic) bond motifs is 6. The number of hydrogen-bond donors (Lipinski definition) is 13. The zero-order valence-corrected chi connectivity index (χ0v) is 39.6. The highest BCUT2D eigenvalue weighted by atomic mass is 16.8. The predicted molar refractivity (Wildman–Crippen MR) is 233 cm³/mol. The maximum Gasteiger partial charge on any atom is 0.187 e. The topological polar surface area (TPSA) is 318 Å². The molecule has 19 nitrogen and oxygen atoms in total. The molecule has 0 bridgehead atoms. The van der Waals surface area contributed by atoms with E-state index in [1.165, 1.54) is 11.1 Å². The summed E-state index contributed by atoms with van der Waals surface area (Å²) in [6.45, 7) is 10.9. The number of hydrogen-bond acceptors (Lipinski definition) is 19.